The number of nitrogens with one attached hydrogen (secondary N) is 1. The maximum Gasteiger partial charge on any atom is 0.282 e. The van der Waals surface area contributed by atoms with Crippen LogP contribution in [0.15, 0.2) is 15.5 Å². The minimum absolute atomic E-state index is 0.118. The molecule has 138 valence electrons. The van der Waals surface area contributed by atoms with Gasteiger partial charge in [0.2, 0.25) is 5.91 Å². The first-order chi connectivity index (χ1) is 12.0. The number of anilines is 1. The molecule has 3 rings (SSSR count). The Kier molecular flexibility index (Phi) is 5.78. The molecule has 0 bridgehead atoms. The number of aryl methyl sites for hydroxylation is 1. The minimum Gasteiger partial charge on any atom is -0.367 e. The summed E-state index contributed by atoms with van der Waals surface area (Å²) in [5, 5.41) is 7.30. The SMILES string of the molecule is CC(C(=O)NC1CCCC1)N1CCN(c2cnn(C)c(=O)c2Br)CC1. The Bertz CT molecular complexity index is 678. The van der Waals surface area contributed by atoms with Crippen molar-refractivity contribution < 1.29 is 4.79 Å². The molecular formula is C17H26BrN5O2. The highest BCUT2D eigenvalue weighted by molar-refractivity contribution is 9.10. The second-order valence-corrected chi connectivity index (χ2v) is 7.75. The zero-order valence-electron chi connectivity index (χ0n) is 14.9. The van der Waals surface area contributed by atoms with Gasteiger partial charge in [-0.2, -0.15) is 5.10 Å². The minimum atomic E-state index is -0.135. The summed E-state index contributed by atoms with van der Waals surface area (Å²) in [6.07, 6.45) is 6.37. The molecule has 2 fully saturated rings. The Morgan fingerprint density at radius 1 is 1.28 bits per heavy atom. The molecule has 0 spiro atoms. The second-order valence-electron chi connectivity index (χ2n) is 6.96. The van der Waals surface area contributed by atoms with Gasteiger partial charge in [0.25, 0.3) is 5.56 Å². The van der Waals surface area contributed by atoms with Crippen LogP contribution >= 0.6 is 15.9 Å². The molecule has 2 aliphatic rings. The molecule has 1 atom stereocenters. The van der Waals surface area contributed by atoms with E-state index in [2.05, 4.69) is 36.1 Å². The smallest absolute Gasteiger partial charge is 0.282 e. The monoisotopic (exact) mass is 411 g/mol. The number of hydrogen-bond donors (Lipinski definition) is 1. The van der Waals surface area contributed by atoms with E-state index in [0.717, 1.165) is 44.7 Å². The fourth-order valence-corrected chi connectivity index (χ4v) is 4.24. The molecule has 1 saturated heterocycles. The average molecular weight is 412 g/mol. The number of halogens is 1. The van der Waals surface area contributed by atoms with Crippen molar-refractivity contribution in [3.05, 3.63) is 21.0 Å². The Hall–Kier alpha value is -1.41. The molecule has 0 aromatic carbocycles. The molecular weight excluding hydrogens is 386 g/mol. The first-order valence-electron chi connectivity index (χ1n) is 8.98. The molecule has 1 N–H and O–H groups in total. The highest BCUT2D eigenvalue weighted by Gasteiger charge is 2.28. The van der Waals surface area contributed by atoms with Crippen molar-refractivity contribution in [3.8, 4) is 0 Å². The first-order valence-corrected chi connectivity index (χ1v) is 9.78. The van der Waals surface area contributed by atoms with Crippen LogP contribution < -0.4 is 15.8 Å². The van der Waals surface area contributed by atoms with Crippen LogP contribution in [0.5, 0.6) is 0 Å². The van der Waals surface area contributed by atoms with Crippen LogP contribution in [0.4, 0.5) is 5.69 Å². The lowest BCUT2D eigenvalue weighted by molar-refractivity contribution is -0.126. The Labute approximate surface area is 156 Å². The van der Waals surface area contributed by atoms with Crippen molar-refractivity contribution in [2.75, 3.05) is 31.1 Å². The fraction of sp³-hybridized carbons (Fsp3) is 0.706. The van der Waals surface area contributed by atoms with Crippen molar-refractivity contribution >= 4 is 27.5 Å². The van der Waals surface area contributed by atoms with Crippen LogP contribution in [0, 0.1) is 0 Å². The maximum absolute atomic E-state index is 12.5. The van der Waals surface area contributed by atoms with E-state index in [1.165, 1.54) is 17.5 Å². The number of aromatic nitrogens is 2. The van der Waals surface area contributed by atoms with E-state index in [0.29, 0.717) is 10.5 Å². The first kappa shape index (κ1) is 18.4. The van der Waals surface area contributed by atoms with E-state index >= 15 is 0 Å². The van der Waals surface area contributed by atoms with E-state index in [1.807, 2.05) is 6.92 Å². The molecule has 2 heterocycles. The second kappa shape index (κ2) is 7.86. The van der Waals surface area contributed by atoms with Gasteiger partial charge in [0.05, 0.1) is 17.9 Å². The molecule has 25 heavy (non-hydrogen) atoms. The van der Waals surface area contributed by atoms with Gasteiger partial charge < -0.3 is 10.2 Å². The molecule has 1 unspecified atom stereocenters. The zero-order chi connectivity index (χ0) is 18.0. The van der Waals surface area contributed by atoms with Crippen LogP contribution in [-0.2, 0) is 11.8 Å². The predicted molar refractivity (Wildman–Crippen MR) is 101 cm³/mol. The quantitative estimate of drug-likeness (QED) is 0.803. The number of carbonyl (C=O) groups is 1. The maximum atomic E-state index is 12.5. The molecule has 0 radical (unpaired) electrons. The summed E-state index contributed by atoms with van der Waals surface area (Å²) in [6, 6.07) is 0.242. The molecule has 1 aromatic heterocycles. The molecule has 1 aliphatic heterocycles. The highest BCUT2D eigenvalue weighted by atomic mass is 79.9. The number of carbonyl (C=O) groups excluding carboxylic acids is 1. The predicted octanol–water partition coefficient (Wildman–Crippen LogP) is 1.11. The third kappa shape index (κ3) is 4.06. The van der Waals surface area contributed by atoms with Crippen LogP contribution in [-0.4, -0.2) is 58.9 Å². The number of rotatable bonds is 4. The Balaban J connectivity index is 1.57. The third-order valence-electron chi connectivity index (χ3n) is 5.34. The molecule has 7 nitrogen and oxygen atoms in total. The van der Waals surface area contributed by atoms with Crippen molar-refractivity contribution in [2.45, 2.75) is 44.7 Å². The molecule has 8 heteroatoms. The largest absolute Gasteiger partial charge is 0.367 e. The van der Waals surface area contributed by atoms with Crippen LogP contribution in [0.1, 0.15) is 32.6 Å². The van der Waals surface area contributed by atoms with Crippen LogP contribution in [0.3, 0.4) is 0 Å². The van der Waals surface area contributed by atoms with Crippen molar-refractivity contribution in [1.82, 2.24) is 20.0 Å². The van der Waals surface area contributed by atoms with Crippen molar-refractivity contribution in [3.63, 3.8) is 0 Å². The van der Waals surface area contributed by atoms with Gasteiger partial charge in [-0.25, -0.2) is 4.68 Å². The summed E-state index contributed by atoms with van der Waals surface area (Å²) >= 11 is 3.39. The van der Waals surface area contributed by atoms with Gasteiger partial charge in [-0.1, -0.05) is 12.8 Å². The number of nitrogens with zero attached hydrogens (tertiary/aromatic N) is 4. The average Bonchev–Trinajstić information content (AvgIpc) is 3.12. The summed E-state index contributed by atoms with van der Waals surface area (Å²) in [5.74, 6) is 0.136. The Morgan fingerprint density at radius 2 is 1.92 bits per heavy atom. The van der Waals surface area contributed by atoms with Gasteiger partial charge in [0, 0.05) is 39.3 Å². The fourth-order valence-electron chi connectivity index (χ4n) is 3.63. The molecule has 1 saturated carbocycles. The van der Waals surface area contributed by atoms with Gasteiger partial charge in [0.15, 0.2) is 0 Å². The van der Waals surface area contributed by atoms with E-state index in [9.17, 15) is 9.59 Å². The lowest BCUT2D eigenvalue weighted by Crippen LogP contribution is -2.55. The number of hydrogen-bond acceptors (Lipinski definition) is 5. The van der Waals surface area contributed by atoms with E-state index < -0.39 is 0 Å². The van der Waals surface area contributed by atoms with Gasteiger partial charge in [-0.3, -0.25) is 14.5 Å². The standard InChI is InChI=1S/C17H26BrN5O2/c1-12(16(24)20-13-5-3-4-6-13)22-7-9-23(10-8-22)14-11-19-21(2)17(25)15(14)18/h11-13H,3-10H2,1-2H3,(H,20,24). The number of piperazine rings is 1. The van der Waals surface area contributed by atoms with Crippen molar-refractivity contribution in [1.29, 1.82) is 0 Å². The van der Waals surface area contributed by atoms with E-state index in [-0.39, 0.29) is 17.5 Å². The van der Waals surface area contributed by atoms with E-state index in [4.69, 9.17) is 0 Å². The van der Waals surface area contributed by atoms with Crippen LogP contribution in [0.2, 0.25) is 0 Å². The summed E-state index contributed by atoms with van der Waals surface area (Å²) in [4.78, 5) is 28.8. The molecule has 1 aromatic rings. The zero-order valence-corrected chi connectivity index (χ0v) is 16.5. The summed E-state index contributed by atoms with van der Waals surface area (Å²) in [6.45, 7) is 5.11. The van der Waals surface area contributed by atoms with Gasteiger partial charge in [0.1, 0.15) is 4.47 Å². The summed E-state index contributed by atoms with van der Waals surface area (Å²) in [5.41, 5.74) is 0.690. The number of amides is 1. The Morgan fingerprint density at radius 3 is 2.56 bits per heavy atom. The third-order valence-corrected chi connectivity index (χ3v) is 6.09. The topological polar surface area (TPSA) is 70.5 Å². The lowest BCUT2D eigenvalue weighted by Gasteiger charge is -2.38. The highest BCUT2D eigenvalue weighted by Crippen LogP contribution is 2.23. The van der Waals surface area contributed by atoms with Crippen LogP contribution in [0.25, 0.3) is 0 Å². The van der Waals surface area contributed by atoms with Crippen molar-refractivity contribution in [2.24, 2.45) is 7.05 Å². The van der Waals surface area contributed by atoms with Gasteiger partial charge in [-0.15, -0.1) is 0 Å². The van der Waals surface area contributed by atoms with E-state index in [1.54, 1.807) is 13.2 Å². The van der Waals surface area contributed by atoms with Gasteiger partial charge >= 0.3 is 0 Å². The molecule has 1 amide bonds. The summed E-state index contributed by atoms with van der Waals surface area (Å²) in [7, 11) is 1.64. The lowest BCUT2D eigenvalue weighted by atomic mass is 10.2. The van der Waals surface area contributed by atoms with Gasteiger partial charge in [-0.05, 0) is 35.7 Å². The normalized spacial score (nSPS) is 20.7. The molecule has 1 aliphatic carbocycles. The summed E-state index contributed by atoms with van der Waals surface area (Å²) < 4.78 is 1.87.